The largest absolute Gasteiger partial charge is 0.496 e. The minimum absolute atomic E-state index is 0.298. The van der Waals surface area contributed by atoms with Crippen molar-refractivity contribution in [2.24, 2.45) is 0 Å². The average Bonchev–Trinajstić information content (AvgIpc) is 2.69. The second kappa shape index (κ2) is 8.51. The fourth-order valence-corrected chi connectivity index (χ4v) is 3.05. The van der Waals surface area contributed by atoms with Gasteiger partial charge in [0.25, 0.3) is 11.8 Å². The first kappa shape index (κ1) is 18.7. The Morgan fingerprint density at radius 1 is 0.852 bits per heavy atom. The van der Waals surface area contributed by atoms with Crippen molar-refractivity contribution in [2.45, 2.75) is 0 Å². The van der Waals surface area contributed by atoms with Crippen LogP contribution >= 0.6 is 15.9 Å². The summed E-state index contributed by atoms with van der Waals surface area (Å²) in [5.41, 5.74) is 1.94. The van der Waals surface area contributed by atoms with Gasteiger partial charge in [-0.25, -0.2) is 0 Å². The zero-order valence-corrected chi connectivity index (χ0v) is 16.1. The fourth-order valence-electron chi connectivity index (χ4n) is 2.51. The molecule has 3 aromatic rings. The fraction of sp³-hybridized carbons (Fsp3) is 0.0476. The summed E-state index contributed by atoms with van der Waals surface area (Å²) in [4.78, 5) is 25.2. The number of nitrogens with one attached hydrogen (secondary N) is 2. The Labute approximate surface area is 165 Å². The van der Waals surface area contributed by atoms with Gasteiger partial charge in [-0.1, -0.05) is 30.3 Å². The molecule has 136 valence electrons. The highest BCUT2D eigenvalue weighted by molar-refractivity contribution is 9.10. The molecule has 5 nitrogen and oxygen atoms in total. The third kappa shape index (κ3) is 4.54. The van der Waals surface area contributed by atoms with E-state index in [4.69, 9.17) is 4.74 Å². The number of anilines is 2. The topological polar surface area (TPSA) is 67.4 Å². The molecule has 0 bridgehead atoms. The van der Waals surface area contributed by atoms with E-state index in [1.54, 1.807) is 61.7 Å². The van der Waals surface area contributed by atoms with Crippen LogP contribution in [-0.2, 0) is 0 Å². The van der Waals surface area contributed by atoms with E-state index in [0.717, 1.165) is 0 Å². The highest BCUT2D eigenvalue weighted by Crippen LogP contribution is 2.26. The first-order valence-corrected chi connectivity index (χ1v) is 8.98. The van der Waals surface area contributed by atoms with E-state index < -0.39 is 0 Å². The maximum absolute atomic E-state index is 12.6. The van der Waals surface area contributed by atoms with Gasteiger partial charge in [0.05, 0.1) is 22.8 Å². The number of ether oxygens (including phenoxy) is 1. The Morgan fingerprint density at radius 3 is 2.26 bits per heavy atom. The second-order valence-electron chi connectivity index (χ2n) is 5.67. The van der Waals surface area contributed by atoms with Gasteiger partial charge in [-0.2, -0.15) is 0 Å². The van der Waals surface area contributed by atoms with Gasteiger partial charge in [0.15, 0.2) is 0 Å². The predicted molar refractivity (Wildman–Crippen MR) is 109 cm³/mol. The van der Waals surface area contributed by atoms with Crippen LogP contribution in [0.2, 0.25) is 0 Å². The molecule has 0 aliphatic rings. The average molecular weight is 425 g/mol. The summed E-state index contributed by atoms with van der Waals surface area (Å²) in [6.45, 7) is 0. The quantitative estimate of drug-likeness (QED) is 0.607. The third-order valence-corrected chi connectivity index (χ3v) is 4.49. The number of hydrogen-bond donors (Lipinski definition) is 2. The number of methoxy groups -OCH3 is 1. The van der Waals surface area contributed by atoms with Crippen molar-refractivity contribution in [3.63, 3.8) is 0 Å². The molecule has 0 unspecified atom stereocenters. The van der Waals surface area contributed by atoms with E-state index in [9.17, 15) is 9.59 Å². The number of carbonyl (C=O) groups excluding carboxylic acids is 2. The maximum atomic E-state index is 12.6. The predicted octanol–water partition coefficient (Wildman–Crippen LogP) is 4.96. The van der Waals surface area contributed by atoms with E-state index >= 15 is 0 Å². The van der Waals surface area contributed by atoms with Crippen molar-refractivity contribution in [3.05, 3.63) is 88.4 Å². The maximum Gasteiger partial charge on any atom is 0.257 e. The van der Waals surface area contributed by atoms with Gasteiger partial charge in [0.2, 0.25) is 0 Å². The molecule has 0 radical (unpaired) electrons. The molecule has 2 amide bonds. The summed E-state index contributed by atoms with van der Waals surface area (Å²) in [7, 11) is 1.56. The lowest BCUT2D eigenvalue weighted by atomic mass is 10.1. The summed E-state index contributed by atoms with van der Waals surface area (Å²) in [5.74, 6) is 0.0144. The van der Waals surface area contributed by atoms with Gasteiger partial charge in [-0.3, -0.25) is 9.59 Å². The van der Waals surface area contributed by atoms with Gasteiger partial charge in [0.1, 0.15) is 5.75 Å². The first-order chi connectivity index (χ1) is 13.1. The molecule has 27 heavy (non-hydrogen) atoms. The minimum atomic E-state index is -0.321. The second-order valence-corrected chi connectivity index (χ2v) is 6.52. The highest BCUT2D eigenvalue weighted by atomic mass is 79.9. The van der Waals surface area contributed by atoms with Crippen LogP contribution in [0.5, 0.6) is 5.75 Å². The number of rotatable bonds is 5. The summed E-state index contributed by atoms with van der Waals surface area (Å²) in [6, 6.07) is 21.0. The molecule has 0 atom stereocenters. The third-order valence-electron chi connectivity index (χ3n) is 3.87. The molecule has 0 aliphatic heterocycles. The molecule has 0 saturated carbocycles. The van der Waals surface area contributed by atoms with Crippen molar-refractivity contribution in [3.8, 4) is 5.75 Å². The molecular formula is C21H17BrN2O3. The van der Waals surface area contributed by atoms with Crippen molar-refractivity contribution in [1.82, 2.24) is 0 Å². The van der Waals surface area contributed by atoms with E-state index in [2.05, 4.69) is 26.6 Å². The highest BCUT2D eigenvalue weighted by Gasteiger charge is 2.15. The van der Waals surface area contributed by atoms with Crippen LogP contribution in [0.15, 0.2) is 77.3 Å². The monoisotopic (exact) mass is 424 g/mol. The van der Waals surface area contributed by atoms with Crippen LogP contribution in [0.4, 0.5) is 11.4 Å². The Bertz CT molecular complexity index is 974. The molecule has 0 saturated heterocycles. The van der Waals surface area contributed by atoms with Crippen LogP contribution in [0.3, 0.4) is 0 Å². The first-order valence-electron chi connectivity index (χ1n) is 8.19. The molecule has 0 heterocycles. The molecule has 2 N–H and O–H groups in total. The Morgan fingerprint density at radius 2 is 1.56 bits per heavy atom. The van der Waals surface area contributed by atoms with Crippen LogP contribution in [-0.4, -0.2) is 18.9 Å². The van der Waals surface area contributed by atoms with Gasteiger partial charge < -0.3 is 15.4 Å². The van der Waals surface area contributed by atoms with E-state index in [1.165, 1.54) is 0 Å². The zero-order chi connectivity index (χ0) is 19.2. The Balaban J connectivity index is 1.80. The molecule has 6 heteroatoms. The number of carbonyl (C=O) groups is 2. The van der Waals surface area contributed by atoms with E-state index in [0.29, 0.717) is 32.7 Å². The number of amides is 2. The lowest BCUT2D eigenvalue weighted by Crippen LogP contribution is -2.18. The van der Waals surface area contributed by atoms with Gasteiger partial charge in [-0.05, 0) is 58.4 Å². The van der Waals surface area contributed by atoms with Gasteiger partial charge in [-0.15, -0.1) is 0 Å². The summed E-state index contributed by atoms with van der Waals surface area (Å²) < 4.78 is 5.85. The van der Waals surface area contributed by atoms with Crippen molar-refractivity contribution >= 4 is 39.1 Å². The Hall–Kier alpha value is -3.12. The summed E-state index contributed by atoms with van der Waals surface area (Å²) in [5, 5.41) is 5.62. The number of halogens is 1. The SMILES string of the molecule is COc1ccc(C(=O)Nc2ccccc2C(=O)Nc2ccccc2)cc1Br. The smallest absolute Gasteiger partial charge is 0.257 e. The lowest BCUT2D eigenvalue weighted by molar-refractivity contribution is 0.102. The van der Waals surface area contributed by atoms with Crippen molar-refractivity contribution < 1.29 is 14.3 Å². The van der Waals surface area contributed by atoms with Crippen molar-refractivity contribution in [2.75, 3.05) is 17.7 Å². The summed E-state index contributed by atoms with van der Waals surface area (Å²) >= 11 is 3.37. The molecule has 0 spiro atoms. The van der Waals surface area contributed by atoms with Crippen molar-refractivity contribution in [1.29, 1.82) is 0 Å². The van der Waals surface area contributed by atoms with Gasteiger partial charge in [0, 0.05) is 11.3 Å². The molecule has 0 aliphatic carbocycles. The van der Waals surface area contributed by atoms with E-state index in [1.807, 2.05) is 18.2 Å². The molecule has 0 fully saturated rings. The molecular weight excluding hydrogens is 408 g/mol. The molecule has 3 aromatic carbocycles. The van der Waals surface area contributed by atoms with Gasteiger partial charge >= 0.3 is 0 Å². The van der Waals surface area contributed by atoms with E-state index in [-0.39, 0.29) is 11.8 Å². The number of para-hydroxylation sites is 2. The summed E-state index contributed by atoms with van der Waals surface area (Å²) in [6.07, 6.45) is 0. The standard InChI is InChI=1S/C21H17BrN2O3/c1-27-19-12-11-14(13-17(19)22)20(25)24-18-10-6-5-9-16(18)21(26)23-15-7-3-2-4-8-15/h2-13H,1H3,(H,23,26)(H,24,25). The lowest BCUT2D eigenvalue weighted by Gasteiger charge is -2.12. The normalized spacial score (nSPS) is 10.1. The molecule has 3 rings (SSSR count). The zero-order valence-electron chi connectivity index (χ0n) is 14.5. The number of benzene rings is 3. The Kier molecular flexibility index (Phi) is 5.88. The van der Waals surface area contributed by atoms with Crippen LogP contribution in [0.25, 0.3) is 0 Å². The molecule has 0 aromatic heterocycles. The van der Waals surface area contributed by atoms with Crippen LogP contribution in [0.1, 0.15) is 20.7 Å². The minimum Gasteiger partial charge on any atom is -0.496 e. The van der Waals surface area contributed by atoms with Crippen LogP contribution in [0, 0.1) is 0 Å². The van der Waals surface area contributed by atoms with Crippen LogP contribution < -0.4 is 15.4 Å². The number of hydrogen-bond acceptors (Lipinski definition) is 3.